The van der Waals surface area contributed by atoms with E-state index in [1.165, 1.54) is 27.8 Å². The molecule has 0 fully saturated rings. The zero-order chi connectivity index (χ0) is 12.7. The van der Waals surface area contributed by atoms with Crippen LogP contribution in [0.3, 0.4) is 0 Å². The second kappa shape index (κ2) is 4.09. The average Bonchev–Trinajstić information content (AvgIpc) is 2.74. The predicted molar refractivity (Wildman–Crippen MR) is 74.0 cm³/mol. The van der Waals surface area contributed by atoms with Crippen LogP contribution >= 0.6 is 0 Å². The number of carbonyl (C=O) groups excluding carboxylic acids is 1. The monoisotopic (exact) mass is 236 g/mol. The number of aryl methyl sites for hydroxylation is 3. The summed E-state index contributed by atoms with van der Waals surface area (Å²) in [6, 6.07) is 12.8. The molecule has 0 aromatic heterocycles. The molecule has 0 bridgehead atoms. The van der Waals surface area contributed by atoms with Gasteiger partial charge in [-0.2, -0.15) is 0 Å². The molecule has 1 aliphatic rings. The lowest BCUT2D eigenvalue weighted by Gasteiger charge is -2.09. The number of ketones is 1. The van der Waals surface area contributed by atoms with Gasteiger partial charge in [0.25, 0.3) is 0 Å². The van der Waals surface area contributed by atoms with Gasteiger partial charge in [-0.25, -0.2) is 0 Å². The Morgan fingerprint density at radius 3 is 2.56 bits per heavy atom. The van der Waals surface area contributed by atoms with Crippen LogP contribution in [0, 0.1) is 13.8 Å². The van der Waals surface area contributed by atoms with Crippen LogP contribution in [0.4, 0.5) is 0 Å². The number of hydrogen-bond acceptors (Lipinski definition) is 1. The molecule has 3 rings (SSSR count). The Morgan fingerprint density at radius 2 is 1.72 bits per heavy atom. The molecule has 0 amide bonds. The molecule has 2 aromatic carbocycles. The maximum atomic E-state index is 11.6. The molecule has 0 N–H and O–H groups in total. The first-order valence-corrected chi connectivity index (χ1v) is 6.39. The average molecular weight is 236 g/mol. The topological polar surface area (TPSA) is 17.1 Å². The Bertz CT molecular complexity index is 638. The Kier molecular flexibility index (Phi) is 2.55. The zero-order valence-corrected chi connectivity index (χ0v) is 10.8. The van der Waals surface area contributed by atoms with Crippen LogP contribution in [-0.2, 0) is 6.42 Å². The molecule has 1 aliphatic carbocycles. The third-order valence-corrected chi connectivity index (χ3v) is 3.73. The standard InChI is InChI=1S/C17H16O/c1-11-3-4-12(2)16(9-11)14-5-7-15-13(10-14)6-8-17(15)18/h3-5,7,9-10H,6,8H2,1-2H3. The Hall–Kier alpha value is -1.89. The second-order valence-corrected chi connectivity index (χ2v) is 5.11. The van der Waals surface area contributed by atoms with Crippen molar-refractivity contribution in [1.29, 1.82) is 0 Å². The summed E-state index contributed by atoms with van der Waals surface area (Å²) in [7, 11) is 0. The SMILES string of the molecule is Cc1ccc(C)c(-c2ccc3c(c2)CCC3=O)c1. The number of carbonyl (C=O) groups is 1. The van der Waals surface area contributed by atoms with Crippen molar-refractivity contribution in [3.63, 3.8) is 0 Å². The van der Waals surface area contributed by atoms with Crippen LogP contribution in [0.5, 0.6) is 0 Å². The number of Topliss-reactive ketones (excluding diaryl/α,β-unsaturated/α-hetero) is 1. The number of fused-ring (bicyclic) bond motifs is 1. The van der Waals surface area contributed by atoms with E-state index in [0.717, 1.165) is 12.0 Å². The summed E-state index contributed by atoms with van der Waals surface area (Å²) in [5, 5.41) is 0. The first kappa shape index (κ1) is 11.2. The minimum atomic E-state index is 0.289. The summed E-state index contributed by atoms with van der Waals surface area (Å²) in [4.78, 5) is 11.6. The molecule has 1 heteroatoms. The van der Waals surface area contributed by atoms with E-state index < -0.39 is 0 Å². The summed E-state index contributed by atoms with van der Waals surface area (Å²) < 4.78 is 0. The minimum Gasteiger partial charge on any atom is -0.294 e. The molecular formula is C17H16O. The quantitative estimate of drug-likeness (QED) is 0.728. The van der Waals surface area contributed by atoms with Crippen LogP contribution in [0.15, 0.2) is 36.4 Å². The summed E-state index contributed by atoms with van der Waals surface area (Å²) in [5.41, 5.74) is 7.18. The third-order valence-electron chi connectivity index (χ3n) is 3.73. The van der Waals surface area contributed by atoms with Gasteiger partial charge in [0.05, 0.1) is 0 Å². The van der Waals surface area contributed by atoms with E-state index in [4.69, 9.17) is 0 Å². The largest absolute Gasteiger partial charge is 0.294 e. The fraction of sp³-hybridized carbons (Fsp3) is 0.235. The van der Waals surface area contributed by atoms with Crippen molar-refractivity contribution >= 4 is 5.78 Å². The molecule has 0 saturated carbocycles. The maximum Gasteiger partial charge on any atom is 0.163 e. The molecular weight excluding hydrogens is 220 g/mol. The van der Waals surface area contributed by atoms with Gasteiger partial charge in [0.15, 0.2) is 5.78 Å². The summed E-state index contributed by atoms with van der Waals surface area (Å²) in [6.07, 6.45) is 1.57. The van der Waals surface area contributed by atoms with E-state index in [9.17, 15) is 4.79 Å². The van der Waals surface area contributed by atoms with Gasteiger partial charge in [-0.05, 0) is 42.5 Å². The van der Waals surface area contributed by atoms with Crippen LogP contribution in [-0.4, -0.2) is 5.78 Å². The molecule has 0 atom stereocenters. The molecule has 0 aliphatic heterocycles. The van der Waals surface area contributed by atoms with Gasteiger partial charge < -0.3 is 0 Å². The molecule has 18 heavy (non-hydrogen) atoms. The maximum absolute atomic E-state index is 11.6. The van der Waals surface area contributed by atoms with Gasteiger partial charge in [0.2, 0.25) is 0 Å². The van der Waals surface area contributed by atoms with E-state index in [-0.39, 0.29) is 5.78 Å². The third kappa shape index (κ3) is 1.76. The highest BCUT2D eigenvalue weighted by Crippen LogP contribution is 2.30. The van der Waals surface area contributed by atoms with Gasteiger partial charge in [-0.1, -0.05) is 42.0 Å². The predicted octanol–water partition coefficient (Wildman–Crippen LogP) is 4.10. The minimum absolute atomic E-state index is 0.289. The van der Waals surface area contributed by atoms with Crippen LogP contribution in [0.25, 0.3) is 11.1 Å². The first-order chi connectivity index (χ1) is 8.65. The highest BCUT2D eigenvalue weighted by Gasteiger charge is 2.19. The van der Waals surface area contributed by atoms with Crippen LogP contribution in [0.1, 0.15) is 33.5 Å². The summed E-state index contributed by atoms with van der Waals surface area (Å²) >= 11 is 0. The van der Waals surface area contributed by atoms with Gasteiger partial charge in [0.1, 0.15) is 0 Å². The molecule has 0 saturated heterocycles. The highest BCUT2D eigenvalue weighted by atomic mass is 16.1. The van der Waals surface area contributed by atoms with Crippen LogP contribution in [0.2, 0.25) is 0 Å². The van der Waals surface area contributed by atoms with Crippen molar-refractivity contribution < 1.29 is 4.79 Å². The molecule has 0 heterocycles. The van der Waals surface area contributed by atoms with Gasteiger partial charge in [0, 0.05) is 12.0 Å². The fourth-order valence-electron chi connectivity index (χ4n) is 2.67. The fourth-order valence-corrected chi connectivity index (χ4v) is 2.67. The molecule has 0 spiro atoms. The Balaban J connectivity index is 2.13. The van der Waals surface area contributed by atoms with Gasteiger partial charge in [-0.15, -0.1) is 0 Å². The lowest BCUT2D eigenvalue weighted by Crippen LogP contribution is -1.92. The number of hydrogen-bond donors (Lipinski definition) is 0. The molecule has 2 aromatic rings. The summed E-state index contributed by atoms with van der Waals surface area (Å²) in [5.74, 6) is 0.289. The molecule has 90 valence electrons. The van der Waals surface area contributed by atoms with E-state index in [0.29, 0.717) is 6.42 Å². The number of rotatable bonds is 1. The molecule has 1 nitrogen and oxygen atoms in total. The molecule has 0 unspecified atom stereocenters. The van der Waals surface area contributed by atoms with E-state index >= 15 is 0 Å². The second-order valence-electron chi connectivity index (χ2n) is 5.11. The highest BCUT2D eigenvalue weighted by molar-refractivity contribution is 6.01. The van der Waals surface area contributed by atoms with Crippen molar-refractivity contribution in [3.05, 3.63) is 58.7 Å². The van der Waals surface area contributed by atoms with Crippen molar-refractivity contribution in [2.75, 3.05) is 0 Å². The lowest BCUT2D eigenvalue weighted by atomic mass is 9.96. The molecule has 0 radical (unpaired) electrons. The Morgan fingerprint density at radius 1 is 0.889 bits per heavy atom. The van der Waals surface area contributed by atoms with Gasteiger partial charge >= 0.3 is 0 Å². The van der Waals surface area contributed by atoms with Crippen molar-refractivity contribution in [2.24, 2.45) is 0 Å². The van der Waals surface area contributed by atoms with Gasteiger partial charge in [-0.3, -0.25) is 4.79 Å². The van der Waals surface area contributed by atoms with Crippen molar-refractivity contribution in [1.82, 2.24) is 0 Å². The Labute approximate surface area is 107 Å². The normalized spacial score (nSPS) is 13.8. The zero-order valence-electron chi connectivity index (χ0n) is 10.8. The van der Waals surface area contributed by atoms with Crippen molar-refractivity contribution in [3.8, 4) is 11.1 Å². The van der Waals surface area contributed by atoms with E-state index in [1.807, 2.05) is 6.07 Å². The smallest absolute Gasteiger partial charge is 0.163 e. The van der Waals surface area contributed by atoms with Crippen LogP contribution < -0.4 is 0 Å². The number of benzene rings is 2. The van der Waals surface area contributed by atoms with E-state index in [2.05, 4.69) is 44.2 Å². The summed E-state index contributed by atoms with van der Waals surface area (Å²) in [6.45, 7) is 4.24. The van der Waals surface area contributed by atoms with Crippen molar-refractivity contribution in [2.45, 2.75) is 26.7 Å². The lowest BCUT2D eigenvalue weighted by molar-refractivity contribution is 0.0994. The van der Waals surface area contributed by atoms with E-state index in [1.54, 1.807) is 0 Å². The first-order valence-electron chi connectivity index (χ1n) is 6.39.